The number of fused-ring (bicyclic) bond motifs is 2. The maximum absolute atomic E-state index is 6.13. The first-order chi connectivity index (χ1) is 8.45. The summed E-state index contributed by atoms with van der Waals surface area (Å²) in [5.74, 6) is 1.62. The van der Waals surface area contributed by atoms with Gasteiger partial charge in [0.2, 0.25) is 5.89 Å². The molecule has 0 spiro atoms. The van der Waals surface area contributed by atoms with Crippen molar-refractivity contribution in [3.8, 4) is 0 Å². The number of rotatable bonds is 2. The fraction of sp³-hybridized carbons (Fsp3) is 0.846. The summed E-state index contributed by atoms with van der Waals surface area (Å²) in [6.45, 7) is 6.21. The highest BCUT2D eigenvalue weighted by atomic mass is 16.5. The van der Waals surface area contributed by atoms with E-state index in [1.807, 2.05) is 0 Å². The van der Waals surface area contributed by atoms with E-state index in [1.54, 1.807) is 0 Å². The molecule has 2 bridgehead atoms. The van der Waals surface area contributed by atoms with Crippen molar-refractivity contribution < 1.29 is 9.26 Å². The zero-order chi connectivity index (χ0) is 12.9. The lowest BCUT2D eigenvalue weighted by molar-refractivity contribution is 0.0996. The fourth-order valence-electron chi connectivity index (χ4n) is 2.80. The fourth-order valence-corrected chi connectivity index (χ4v) is 2.80. The van der Waals surface area contributed by atoms with Crippen LogP contribution in [0.4, 0.5) is 0 Å². The van der Waals surface area contributed by atoms with E-state index in [4.69, 9.17) is 15.0 Å². The molecule has 3 rings (SSSR count). The highest BCUT2D eigenvalue weighted by Gasteiger charge is 2.44. The SMILES string of the molecule is CC(C)(C)[C@H](N)c1nc(C2CC3CCC2O3)no1. The van der Waals surface area contributed by atoms with Gasteiger partial charge in [-0.05, 0) is 24.7 Å². The maximum Gasteiger partial charge on any atom is 0.244 e. The summed E-state index contributed by atoms with van der Waals surface area (Å²) in [7, 11) is 0. The van der Waals surface area contributed by atoms with Gasteiger partial charge in [0.15, 0.2) is 5.82 Å². The molecule has 3 unspecified atom stereocenters. The summed E-state index contributed by atoms with van der Waals surface area (Å²) in [5, 5.41) is 4.11. The summed E-state index contributed by atoms with van der Waals surface area (Å²) in [4.78, 5) is 4.49. The van der Waals surface area contributed by atoms with Crippen LogP contribution in [0.3, 0.4) is 0 Å². The highest BCUT2D eigenvalue weighted by Crippen LogP contribution is 2.43. The van der Waals surface area contributed by atoms with Gasteiger partial charge in [-0.2, -0.15) is 4.98 Å². The van der Waals surface area contributed by atoms with E-state index < -0.39 is 0 Å². The van der Waals surface area contributed by atoms with Gasteiger partial charge in [0, 0.05) is 0 Å². The van der Waals surface area contributed by atoms with Gasteiger partial charge in [-0.15, -0.1) is 0 Å². The molecule has 1 aromatic rings. The topological polar surface area (TPSA) is 74.2 Å². The van der Waals surface area contributed by atoms with Crippen LogP contribution in [-0.2, 0) is 4.74 Å². The lowest BCUT2D eigenvalue weighted by atomic mass is 9.87. The average molecular weight is 251 g/mol. The second-order valence-corrected chi connectivity index (χ2v) is 6.55. The van der Waals surface area contributed by atoms with Crippen LogP contribution in [-0.4, -0.2) is 22.3 Å². The lowest BCUT2D eigenvalue weighted by Crippen LogP contribution is -2.26. The van der Waals surface area contributed by atoms with Crippen molar-refractivity contribution in [2.24, 2.45) is 11.1 Å². The van der Waals surface area contributed by atoms with Crippen LogP contribution in [0.15, 0.2) is 4.52 Å². The van der Waals surface area contributed by atoms with Gasteiger partial charge in [0.05, 0.1) is 24.2 Å². The van der Waals surface area contributed by atoms with E-state index >= 15 is 0 Å². The van der Waals surface area contributed by atoms with Crippen LogP contribution in [0.2, 0.25) is 0 Å². The standard InChI is InChI=1S/C13H21N3O2/c1-13(2,3)10(14)12-15-11(16-18-12)8-6-7-4-5-9(8)17-7/h7-10H,4-6,14H2,1-3H3/t7?,8?,9?,10-/m1/s1. The van der Waals surface area contributed by atoms with E-state index in [-0.39, 0.29) is 17.6 Å². The largest absolute Gasteiger partial charge is 0.374 e. The second kappa shape index (κ2) is 4.03. The van der Waals surface area contributed by atoms with Gasteiger partial charge in [0.25, 0.3) is 0 Å². The van der Waals surface area contributed by atoms with E-state index in [1.165, 1.54) is 6.42 Å². The number of ether oxygens (including phenoxy) is 1. The molecule has 5 nitrogen and oxygen atoms in total. The third-order valence-electron chi connectivity index (χ3n) is 4.09. The number of aromatic nitrogens is 2. The zero-order valence-corrected chi connectivity index (χ0v) is 11.2. The molecule has 0 saturated carbocycles. The van der Waals surface area contributed by atoms with Crippen molar-refractivity contribution in [2.45, 2.75) is 64.2 Å². The van der Waals surface area contributed by atoms with E-state index in [2.05, 4.69) is 30.9 Å². The Labute approximate surface area is 107 Å². The molecule has 5 heteroatoms. The second-order valence-electron chi connectivity index (χ2n) is 6.55. The molecule has 0 amide bonds. The monoisotopic (exact) mass is 251 g/mol. The zero-order valence-electron chi connectivity index (χ0n) is 11.2. The van der Waals surface area contributed by atoms with Crippen LogP contribution in [0.5, 0.6) is 0 Å². The first-order valence-corrected chi connectivity index (χ1v) is 6.69. The predicted octanol–water partition coefficient (Wildman–Crippen LogP) is 2.15. The van der Waals surface area contributed by atoms with Crippen LogP contribution >= 0.6 is 0 Å². The summed E-state index contributed by atoms with van der Waals surface area (Å²) in [6.07, 6.45) is 4.00. The van der Waals surface area contributed by atoms with E-state index in [0.29, 0.717) is 17.9 Å². The molecule has 3 heterocycles. The smallest absolute Gasteiger partial charge is 0.244 e. The summed E-state index contributed by atoms with van der Waals surface area (Å²) in [5.41, 5.74) is 6.06. The predicted molar refractivity (Wildman–Crippen MR) is 65.9 cm³/mol. The molecule has 2 saturated heterocycles. The van der Waals surface area contributed by atoms with Crippen molar-refractivity contribution in [3.05, 3.63) is 11.7 Å². The summed E-state index contributed by atoms with van der Waals surface area (Å²) in [6, 6.07) is -0.224. The third kappa shape index (κ3) is 1.95. The molecule has 0 radical (unpaired) electrons. The van der Waals surface area contributed by atoms with Crippen molar-refractivity contribution in [2.75, 3.05) is 0 Å². The van der Waals surface area contributed by atoms with Crippen molar-refractivity contribution in [1.29, 1.82) is 0 Å². The van der Waals surface area contributed by atoms with Gasteiger partial charge in [-0.3, -0.25) is 0 Å². The molecule has 100 valence electrons. The van der Waals surface area contributed by atoms with Gasteiger partial charge in [0.1, 0.15) is 0 Å². The Morgan fingerprint density at radius 1 is 1.33 bits per heavy atom. The number of hydrogen-bond acceptors (Lipinski definition) is 5. The van der Waals surface area contributed by atoms with Crippen LogP contribution in [0.25, 0.3) is 0 Å². The molecule has 0 aromatic carbocycles. The molecule has 2 aliphatic rings. The third-order valence-corrected chi connectivity index (χ3v) is 4.09. The normalized spacial score (nSPS) is 33.0. The van der Waals surface area contributed by atoms with Gasteiger partial charge < -0.3 is 15.0 Å². The van der Waals surface area contributed by atoms with Gasteiger partial charge in [-0.25, -0.2) is 0 Å². The van der Waals surface area contributed by atoms with Crippen molar-refractivity contribution >= 4 is 0 Å². The molecular weight excluding hydrogens is 230 g/mol. The Kier molecular flexibility index (Phi) is 2.71. The number of nitrogens with two attached hydrogens (primary N) is 1. The average Bonchev–Trinajstić information content (AvgIpc) is 3.02. The van der Waals surface area contributed by atoms with E-state index in [0.717, 1.165) is 18.7 Å². The molecule has 1 aromatic heterocycles. The van der Waals surface area contributed by atoms with Crippen molar-refractivity contribution in [3.63, 3.8) is 0 Å². The molecular formula is C13H21N3O2. The molecule has 18 heavy (non-hydrogen) atoms. The summed E-state index contributed by atoms with van der Waals surface area (Å²) < 4.78 is 11.2. The quantitative estimate of drug-likeness (QED) is 0.871. The Bertz CT molecular complexity index is 438. The molecule has 2 N–H and O–H groups in total. The molecule has 4 atom stereocenters. The van der Waals surface area contributed by atoms with Crippen LogP contribution in [0, 0.1) is 5.41 Å². The Balaban J connectivity index is 1.78. The Morgan fingerprint density at radius 3 is 2.67 bits per heavy atom. The lowest BCUT2D eigenvalue weighted by Gasteiger charge is -2.23. The number of hydrogen-bond donors (Lipinski definition) is 1. The molecule has 0 aliphatic carbocycles. The van der Waals surface area contributed by atoms with Crippen molar-refractivity contribution in [1.82, 2.24) is 10.1 Å². The highest BCUT2D eigenvalue weighted by molar-refractivity contribution is 5.08. The van der Waals surface area contributed by atoms with Crippen LogP contribution < -0.4 is 5.73 Å². The van der Waals surface area contributed by atoms with Crippen LogP contribution in [0.1, 0.15) is 63.7 Å². The maximum atomic E-state index is 6.13. The van der Waals surface area contributed by atoms with E-state index in [9.17, 15) is 0 Å². The minimum Gasteiger partial charge on any atom is -0.374 e. The van der Waals surface area contributed by atoms with Gasteiger partial charge >= 0.3 is 0 Å². The summed E-state index contributed by atoms with van der Waals surface area (Å²) >= 11 is 0. The molecule has 2 fully saturated rings. The molecule has 2 aliphatic heterocycles. The Morgan fingerprint density at radius 2 is 2.11 bits per heavy atom. The Hall–Kier alpha value is -0.940. The first-order valence-electron chi connectivity index (χ1n) is 6.69. The number of nitrogens with zero attached hydrogens (tertiary/aromatic N) is 2. The minimum atomic E-state index is -0.224. The van der Waals surface area contributed by atoms with Gasteiger partial charge in [-0.1, -0.05) is 25.9 Å². The minimum absolute atomic E-state index is 0.0744. The first kappa shape index (κ1) is 12.1.